The molecule has 0 unspecified atom stereocenters. The first-order chi connectivity index (χ1) is 16.2. The lowest BCUT2D eigenvalue weighted by molar-refractivity contribution is -0.147. The van der Waals surface area contributed by atoms with E-state index in [1.165, 1.54) is 36.1 Å². The Balaban J connectivity index is 1.64. The monoisotopic (exact) mass is 507 g/mol. The average molecular weight is 508 g/mol. The maximum absolute atomic E-state index is 13.5. The third-order valence-electron chi connectivity index (χ3n) is 5.77. The second-order valence-corrected chi connectivity index (χ2v) is 8.86. The molecule has 2 atom stereocenters. The molecule has 1 saturated heterocycles. The van der Waals surface area contributed by atoms with Gasteiger partial charge in [-0.1, -0.05) is 23.2 Å². The quantitative estimate of drug-likeness (QED) is 0.488. The number of piperidine rings is 1. The summed E-state index contributed by atoms with van der Waals surface area (Å²) in [4.78, 5) is 37.9. The molecule has 0 bridgehead atoms. The van der Waals surface area contributed by atoms with Crippen LogP contribution < -0.4 is 10.4 Å². The van der Waals surface area contributed by atoms with Crippen molar-refractivity contribution in [2.45, 2.75) is 25.9 Å². The molecule has 3 aromatic rings. The fraction of sp³-hybridized carbons (Fsp3) is 0.292. The largest absolute Gasteiger partial charge is 0.481 e. The molecule has 0 spiro atoms. The standard InChI is InChI=1S/C24H20Cl2FNO6/c1-12(23(30)28-8-2-3-13(11-28)24(31)32)33-19-7-6-16-17(10-20(29)34-22(16)21(19)26)15-5-4-14(27)9-18(15)25/h4-7,9-10,12-13H,2-3,8,11H2,1H3,(H,31,32)/t12-,13+/m1/s1. The van der Waals surface area contributed by atoms with E-state index in [0.29, 0.717) is 35.9 Å². The molecule has 1 aliphatic rings. The number of rotatable bonds is 5. The Morgan fingerprint density at radius 1 is 1.21 bits per heavy atom. The molecule has 1 amide bonds. The minimum atomic E-state index is -0.955. The number of amides is 1. The highest BCUT2D eigenvalue weighted by Gasteiger charge is 2.31. The molecule has 0 radical (unpaired) electrons. The van der Waals surface area contributed by atoms with Crippen LogP contribution in [-0.4, -0.2) is 41.1 Å². The van der Waals surface area contributed by atoms with Gasteiger partial charge in [-0.3, -0.25) is 9.59 Å². The van der Waals surface area contributed by atoms with Gasteiger partial charge in [-0.05, 0) is 50.1 Å². The number of carboxylic acid groups (broad SMARTS) is 1. The van der Waals surface area contributed by atoms with Gasteiger partial charge in [0.2, 0.25) is 0 Å². The predicted molar refractivity (Wildman–Crippen MR) is 125 cm³/mol. The Morgan fingerprint density at radius 3 is 2.68 bits per heavy atom. The van der Waals surface area contributed by atoms with Gasteiger partial charge in [0.25, 0.3) is 5.91 Å². The number of halogens is 3. The third kappa shape index (κ3) is 4.74. The lowest BCUT2D eigenvalue weighted by Crippen LogP contribution is -2.47. The van der Waals surface area contributed by atoms with Crippen LogP contribution in [0.15, 0.2) is 45.6 Å². The summed E-state index contributed by atoms with van der Waals surface area (Å²) in [5, 5.41) is 9.80. The SMILES string of the molecule is C[C@@H](Oc1ccc2c(-c3ccc(F)cc3Cl)cc(=O)oc2c1Cl)C(=O)N1CCC[C@H](C(=O)O)C1. The van der Waals surface area contributed by atoms with Crippen molar-refractivity contribution < 1.29 is 28.2 Å². The zero-order valence-electron chi connectivity index (χ0n) is 18.0. The molecule has 2 heterocycles. The second kappa shape index (κ2) is 9.64. The molecule has 7 nitrogen and oxygen atoms in total. The van der Waals surface area contributed by atoms with Crippen molar-refractivity contribution in [1.29, 1.82) is 0 Å². The Hall–Kier alpha value is -3.10. The third-order valence-corrected chi connectivity index (χ3v) is 6.44. The first-order valence-corrected chi connectivity index (χ1v) is 11.3. The number of fused-ring (bicyclic) bond motifs is 1. The first kappa shape index (κ1) is 24.0. The van der Waals surface area contributed by atoms with Gasteiger partial charge in [0.15, 0.2) is 11.7 Å². The molecule has 1 N–H and O–H groups in total. The summed E-state index contributed by atoms with van der Waals surface area (Å²) in [6, 6.07) is 8.19. The van der Waals surface area contributed by atoms with Crippen molar-refractivity contribution in [3.8, 4) is 16.9 Å². The highest BCUT2D eigenvalue weighted by Crippen LogP contribution is 2.39. The van der Waals surface area contributed by atoms with E-state index in [9.17, 15) is 23.9 Å². The number of hydrogen-bond acceptors (Lipinski definition) is 5. The fourth-order valence-electron chi connectivity index (χ4n) is 4.07. The molecule has 0 saturated carbocycles. The number of carbonyl (C=O) groups excluding carboxylic acids is 1. The van der Waals surface area contributed by atoms with Crippen molar-refractivity contribution in [2.24, 2.45) is 5.92 Å². The zero-order valence-corrected chi connectivity index (χ0v) is 19.5. The van der Waals surface area contributed by atoms with Crippen LogP contribution in [0.4, 0.5) is 4.39 Å². The molecular formula is C24H20Cl2FNO6. The summed E-state index contributed by atoms with van der Waals surface area (Å²) < 4.78 is 24.6. The minimum Gasteiger partial charge on any atom is -0.481 e. The summed E-state index contributed by atoms with van der Waals surface area (Å²) in [7, 11) is 0. The maximum atomic E-state index is 13.5. The number of ether oxygens (including phenoxy) is 1. The Bertz CT molecular complexity index is 1340. The number of benzene rings is 2. The summed E-state index contributed by atoms with van der Waals surface area (Å²) >= 11 is 12.7. The van der Waals surface area contributed by atoms with Crippen LogP contribution in [0.3, 0.4) is 0 Å². The van der Waals surface area contributed by atoms with Crippen molar-refractivity contribution >= 4 is 46.0 Å². The van der Waals surface area contributed by atoms with E-state index < -0.39 is 29.4 Å². The van der Waals surface area contributed by atoms with Crippen LogP contribution >= 0.6 is 23.2 Å². The van der Waals surface area contributed by atoms with Gasteiger partial charge in [-0.2, -0.15) is 0 Å². The van der Waals surface area contributed by atoms with Gasteiger partial charge in [0.1, 0.15) is 16.6 Å². The van der Waals surface area contributed by atoms with Gasteiger partial charge in [-0.25, -0.2) is 9.18 Å². The number of hydrogen-bond donors (Lipinski definition) is 1. The Kier molecular flexibility index (Phi) is 6.81. The number of nitrogens with zero attached hydrogens (tertiary/aromatic N) is 1. The fourth-order valence-corrected chi connectivity index (χ4v) is 4.59. The molecule has 178 valence electrons. The van der Waals surface area contributed by atoms with E-state index in [4.69, 9.17) is 32.4 Å². The minimum absolute atomic E-state index is 0.0172. The van der Waals surface area contributed by atoms with Gasteiger partial charge >= 0.3 is 11.6 Å². The van der Waals surface area contributed by atoms with Crippen molar-refractivity contribution in [3.63, 3.8) is 0 Å². The molecule has 1 fully saturated rings. The van der Waals surface area contributed by atoms with E-state index in [2.05, 4.69) is 0 Å². The van der Waals surface area contributed by atoms with Crippen molar-refractivity contribution in [1.82, 2.24) is 4.90 Å². The second-order valence-electron chi connectivity index (χ2n) is 8.08. The van der Waals surface area contributed by atoms with E-state index in [0.717, 1.165) is 6.07 Å². The summed E-state index contributed by atoms with van der Waals surface area (Å²) in [5.41, 5.74) is 0.166. The topological polar surface area (TPSA) is 97.0 Å². The smallest absolute Gasteiger partial charge is 0.336 e. The number of likely N-dealkylation sites (tertiary alicyclic amines) is 1. The summed E-state index contributed by atoms with van der Waals surface area (Å²) in [6.45, 7) is 2.10. The zero-order chi connectivity index (χ0) is 24.6. The highest BCUT2D eigenvalue weighted by atomic mass is 35.5. The molecule has 1 aromatic heterocycles. The van der Waals surface area contributed by atoms with Crippen molar-refractivity contribution in [3.05, 3.63) is 62.7 Å². The molecule has 2 aromatic carbocycles. The first-order valence-electron chi connectivity index (χ1n) is 10.6. The van der Waals surface area contributed by atoms with Crippen LogP contribution in [-0.2, 0) is 9.59 Å². The van der Waals surface area contributed by atoms with Crippen LogP contribution in [0.5, 0.6) is 5.75 Å². The van der Waals surface area contributed by atoms with E-state index in [1.54, 1.807) is 6.07 Å². The Morgan fingerprint density at radius 2 is 1.97 bits per heavy atom. The normalized spacial score (nSPS) is 16.9. The Labute approximate surface area is 203 Å². The lowest BCUT2D eigenvalue weighted by atomic mass is 9.98. The van der Waals surface area contributed by atoms with Crippen LogP contribution in [0, 0.1) is 11.7 Å². The van der Waals surface area contributed by atoms with Gasteiger partial charge in [0, 0.05) is 35.7 Å². The van der Waals surface area contributed by atoms with Gasteiger partial charge in [0.05, 0.1) is 10.9 Å². The summed E-state index contributed by atoms with van der Waals surface area (Å²) in [5.74, 6) is -2.31. The van der Waals surface area contributed by atoms with Crippen LogP contribution in [0.25, 0.3) is 22.1 Å². The molecule has 0 aliphatic carbocycles. The molecule has 4 rings (SSSR count). The lowest BCUT2D eigenvalue weighted by Gasteiger charge is -2.32. The number of carbonyl (C=O) groups is 2. The highest BCUT2D eigenvalue weighted by molar-refractivity contribution is 6.37. The van der Waals surface area contributed by atoms with Gasteiger partial charge in [-0.15, -0.1) is 0 Å². The van der Waals surface area contributed by atoms with E-state index in [1.807, 2.05) is 0 Å². The molecule has 1 aliphatic heterocycles. The van der Waals surface area contributed by atoms with E-state index >= 15 is 0 Å². The van der Waals surface area contributed by atoms with Crippen LogP contribution in [0.2, 0.25) is 10.0 Å². The van der Waals surface area contributed by atoms with Crippen molar-refractivity contribution in [2.75, 3.05) is 13.1 Å². The number of carboxylic acids is 1. The molecule has 10 heteroatoms. The van der Waals surface area contributed by atoms with Gasteiger partial charge < -0.3 is 19.2 Å². The predicted octanol–water partition coefficient (Wildman–Crippen LogP) is 5.00. The summed E-state index contributed by atoms with van der Waals surface area (Å²) in [6.07, 6.45) is 0.153. The maximum Gasteiger partial charge on any atom is 0.336 e. The number of aliphatic carboxylic acids is 1. The van der Waals surface area contributed by atoms with E-state index in [-0.39, 0.29) is 33.8 Å². The molecule has 34 heavy (non-hydrogen) atoms. The average Bonchev–Trinajstić information content (AvgIpc) is 2.80. The molecular weight excluding hydrogens is 488 g/mol. The van der Waals surface area contributed by atoms with Crippen LogP contribution in [0.1, 0.15) is 19.8 Å².